The Labute approximate surface area is 122 Å². The fourth-order valence-electron chi connectivity index (χ4n) is 1.70. The average Bonchev–Trinajstić information content (AvgIpc) is 2.30. The topological polar surface area (TPSA) is 58.2 Å². The van der Waals surface area contributed by atoms with Crippen LogP contribution in [0.3, 0.4) is 0 Å². The Morgan fingerprint density at radius 2 is 1.89 bits per heavy atom. The number of carbonyl (C=O) groups is 2. The second-order valence-corrected chi connectivity index (χ2v) is 5.73. The van der Waals surface area contributed by atoms with Crippen LogP contribution in [0.5, 0.6) is 0 Å². The van der Waals surface area contributed by atoms with E-state index in [4.69, 9.17) is 0 Å². The third-order valence-electron chi connectivity index (χ3n) is 2.73. The first-order valence-corrected chi connectivity index (χ1v) is 6.94. The molecule has 0 aliphatic heterocycles. The van der Waals surface area contributed by atoms with Crippen molar-refractivity contribution in [3.8, 4) is 0 Å². The summed E-state index contributed by atoms with van der Waals surface area (Å²) >= 11 is 3.41. The lowest BCUT2D eigenvalue weighted by molar-refractivity contribution is -0.126. The number of rotatable bonds is 4. The molecule has 5 heteroatoms. The van der Waals surface area contributed by atoms with Gasteiger partial charge in [0.25, 0.3) is 0 Å². The predicted molar refractivity (Wildman–Crippen MR) is 80.0 cm³/mol. The molecule has 4 nitrogen and oxygen atoms in total. The number of carbonyl (C=O) groups excluding carboxylic acids is 2. The Morgan fingerprint density at radius 1 is 1.26 bits per heavy atom. The van der Waals surface area contributed by atoms with Crippen LogP contribution >= 0.6 is 15.9 Å². The molecule has 1 aromatic carbocycles. The van der Waals surface area contributed by atoms with Gasteiger partial charge in [-0.25, -0.2) is 0 Å². The molecule has 1 aromatic rings. The summed E-state index contributed by atoms with van der Waals surface area (Å²) < 4.78 is 0.993. The van der Waals surface area contributed by atoms with E-state index in [9.17, 15) is 9.59 Å². The third-order valence-corrected chi connectivity index (χ3v) is 3.62. The maximum atomic E-state index is 12.1. The van der Waals surface area contributed by atoms with Gasteiger partial charge in [-0.3, -0.25) is 9.59 Å². The Balaban J connectivity index is 2.81. The zero-order valence-corrected chi connectivity index (χ0v) is 13.2. The van der Waals surface area contributed by atoms with Gasteiger partial charge in [-0.1, -0.05) is 29.8 Å². The van der Waals surface area contributed by atoms with Gasteiger partial charge in [0.05, 0.1) is 0 Å². The minimum absolute atomic E-state index is 0.0282. The van der Waals surface area contributed by atoms with E-state index in [1.807, 2.05) is 39.0 Å². The fourth-order valence-corrected chi connectivity index (χ4v) is 1.94. The van der Waals surface area contributed by atoms with Gasteiger partial charge in [0.2, 0.25) is 11.8 Å². The highest BCUT2D eigenvalue weighted by Crippen LogP contribution is 2.20. The molecule has 1 unspecified atom stereocenters. The van der Waals surface area contributed by atoms with Crippen LogP contribution in [0.2, 0.25) is 0 Å². The summed E-state index contributed by atoms with van der Waals surface area (Å²) in [5.41, 5.74) is 1.76. The molecular weight excluding hydrogens is 308 g/mol. The van der Waals surface area contributed by atoms with Crippen molar-refractivity contribution in [2.24, 2.45) is 5.92 Å². The Hall–Kier alpha value is -1.36. The lowest BCUT2D eigenvalue weighted by atomic mass is 10.0. The molecular formula is C14H19BrN2O2. The van der Waals surface area contributed by atoms with Crippen LogP contribution in [-0.2, 0) is 9.59 Å². The number of hydrogen-bond acceptors (Lipinski definition) is 2. The largest absolute Gasteiger partial charge is 0.344 e. The van der Waals surface area contributed by atoms with Gasteiger partial charge in [0.15, 0.2) is 0 Å². The lowest BCUT2D eigenvalue weighted by Gasteiger charge is -2.21. The van der Waals surface area contributed by atoms with Crippen molar-refractivity contribution in [1.82, 2.24) is 5.32 Å². The minimum atomic E-state index is -0.526. The Kier molecular flexibility index (Phi) is 5.54. The van der Waals surface area contributed by atoms with Crippen molar-refractivity contribution in [2.75, 3.05) is 5.32 Å². The van der Waals surface area contributed by atoms with E-state index >= 15 is 0 Å². The fraction of sp³-hybridized carbons (Fsp3) is 0.429. The zero-order valence-electron chi connectivity index (χ0n) is 11.6. The number of amides is 2. The quantitative estimate of drug-likeness (QED) is 0.893. The average molecular weight is 327 g/mol. The van der Waals surface area contributed by atoms with Gasteiger partial charge in [-0.05, 0) is 36.6 Å². The first-order chi connectivity index (χ1) is 8.81. The molecule has 0 spiro atoms. The van der Waals surface area contributed by atoms with Crippen LogP contribution < -0.4 is 10.6 Å². The molecule has 104 valence electrons. The molecule has 0 saturated carbocycles. The van der Waals surface area contributed by atoms with Crippen LogP contribution in [0.4, 0.5) is 5.69 Å². The van der Waals surface area contributed by atoms with Crippen molar-refractivity contribution in [3.05, 3.63) is 28.2 Å². The van der Waals surface area contributed by atoms with Gasteiger partial charge in [-0.15, -0.1) is 0 Å². The normalized spacial score (nSPS) is 12.1. The van der Waals surface area contributed by atoms with Gasteiger partial charge in [-0.2, -0.15) is 0 Å². The smallest absolute Gasteiger partial charge is 0.247 e. The van der Waals surface area contributed by atoms with Crippen LogP contribution in [0.15, 0.2) is 22.7 Å². The first-order valence-electron chi connectivity index (χ1n) is 6.15. The highest BCUT2D eigenvalue weighted by molar-refractivity contribution is 9.10. The highest BCUT2D eigenvalue weighted by Gasteiger charge is 2.22. The summed E-state index contributed by atoms with van der Waals surface area (Å²) in [7, 11) is 0. The number of aryl methyl sites for hydroxylation is 1. The summed E-state index contributed by atoms with van der Waals surface area (Å²) in [4.78, 5) is 23.3. The predicted octanol–water partition coefficient (Wildman–Crippen LogP) is 2.86. The lowest BCUT2D eigenvalue weighted by Crippen LogP contribution is -2.46. The van der Waals surface area contributed by atoms with Crippen molar-refractivity contribution in [2.45, 2.75) is 33.7 Å². The van der Waals surface area contributed by atoms with Crippen LogP contribution in [0, 0.1) is 12.8 Å². The number of nitrogens with one attached hydrogen (secondary N) is 2. The summed E-state index contributed by atoms with van der Waals surface area (Å²) in [6, 6.07) is 5.06. The zero-order chi connectivity index (χ0) is 14.6. The standard InChI is InChI=1S/C14H19BrN2O2/c1-8(2)13(16-10(4)18)14(19)17-11-5-6-12(15)9(3)7-11/h5-8,13H,1-4H3,(H,16,18)(H,17,19). The van der Waals surface area contributed by atoms with E-state index in [1.165, 1.54) is 6.92 Å². The number of halogens is 1. The summed E-state index contributed by atoms with van der Waals surface area (Å²) in [6.45, 7) is 7.15. The molecule has 0 aromatic heterocycles. The molecule has 0 bridgehead atoms. The molecule has 19 heavy (non-hydrogen) atoms. The molecule has 2 N–H and O–H groups in total. The van der Waals surface area contributed by atoms with Crippen LogP contribution in [0.1, 0.15) is 26.3 Å². The molecule has 0 heterocycles. The van der Waals surface area contributed by atoms with Gasteiger partial charge in [0, 0.05) is 17.1 Å². The summed E-state index contributed by atoms with van der Waals surface area (Å²) in [5.74, 6) is -0.381. The van der Waals surface area contributed by atoms with Gasteiger partial charge in [0.1, 0.15) is 6.04 Å². The molecule has 0 radical (unpaired) electrons. The molecule has 0 aliphatic rings. The minimum Gasteiger partial charge on any atom is -0.344 e. The molecule has 1 atom stereocenters. The Morgan fingerprint density at radius 3 is 2.37 bits per heavy atom. The monoisotopic (exact) mass is 326 g/mol. The molecule has 0 saturated heterocycles. The maximum Gasteiger partial charge on any atom is 0.247 e. The molecule has 2 amide bonds. The van der Waals surface area contributed by atoms with E-state index < -0.39 is 6.04 Å². The first kappa shape index (κ1) is 15.7. The number of anilines is 1. The Bertz CT molecular complexity index is 486. The second-order valence-electron chi connectivity index (χ2n) is 4.88. The maximum absolute atomic E-state index is 12.1. The third kappa shape index (κ3) is 4.67. The van der Waals surface area contributed by atoms with Crippen molar-refractivity contribution >= 4 is 33.4 Å². The molecule has 1 rings (SSSR count). The molecule has 0 aliphatic carbocycles. The van der Waals surface area contributed by atoms with Crippen LogP contribution in [-0.4, -0.2) is 17.9 Å². The van der Waals surface area contributed by atoms with Crippen molar-refractivity contribution < 1.29 is 9.59 Å². The van der Waals surface area contributed by atoms with Crippen molar-refractivity contribution in [1.29, 1.82) is 0 Å². The van der Waals surface area contributed by atoms with Crippen molar-refractivity contribution in [3.63, 3.8) is 0 Å². The van der Waals surface area contributed by atoms with E-state index in [-0.39, 0.29) is 17.7 Å². The number of hydrogen-bond donors (Lipinski definition) is 2. The number of benzene rings is 1. The molecule has 0 fully saturated rings. The van der Waals surface area contributed by atoms with Gasteiger partial charge >= 0.3 is 0 Å². The van der Waals surface area contributed by atoms with E-state index in [2.05, 4.69) is 26.6 Å². The SMILES string of the molecule is CC(=O)NC(C(=O)Nc1ccc(Br)c(C)c1)C(C)C. The highest BCUT2D eigenvalue weighted by atomic mass is 79.9. The van der Waals surface area contributed by atoms with E-state index in [1.54, 1.807) is 0 Å². The van der Waals surface area contributed by atoms with Gasteiger partial charge < -0.3 is 10.6 Å². The summed E-state index contributed by atoms with van der Waals surface area (Å²) in [6.07, 6.45) is 0. The summed E-state index contributed by atoms with van der Waals surface area (Å²) in [5, 5.41) is 5.49. The second kappa shape index (κ2) is 6.70. The van der Waals surface area contributed by atoms with Crippen LogP contribution in [0.25, 0.3) is 0 Å². The van der Waals surface area contributed by atoms with E-state index in [0.29, 0.717) is 0 Å². The van der Waals surface area contributed by atoms with E-state index in [0.717, 1.165) is 15.7 Å².